The van der Waals surface area contributed by atoms with Crippen LogP contribution in [0.2, 0.25) is 0 Å². The third-order valence-electron chi connectivity index (χ3n) is 3.50. The number of nitrogens with one attached hydrogen (secondary N) is 1. The Morgan fingerprint density at radius 2 is 2.21 bits per heavy atom. The van der Waals surface area contributed by atoms with Gasteiger partial charge in [0.2, 0.25) is 0 Å². The first-order chi connectivity index (χ1) is 8.98. The van der Waals surface area contributed by atoms with Crippen molar-refractivity contribution in [3.8, 4) is 0 Å². The van der Waals surface area contributed by atoms with Crippen LogP contribution < -0.4 is 5.32 Å². The van der Waals surface area contributed by atoms with E-state index in [1.807, 2.05) is 6.20 Å². The third-order valence-corrected chi connectivity index (χ3v) is 3.50. The summed E-state index contributed by atoms with van der Waals surface area (Å²) in [5.41, 5.74) is 2.72. The van der Waals surface area contributed by atoms with Gasteiger partial charge >= 0.3 is 0 Å². The van der Waals surface area contributed by atoms with Crippen molar-refractivity contribution in [3.63, 3.8) is 0 Å². The lowest BCUT2D eigenvalue weighted by Crippen LogP contribution is -2.40. The molecule has 0 amide bonds. The molecule has 0 spiro atoms. The number of aryl methyl sites for hydroxylation is 1. The highest BCUT2D eigenvalue weighted by Crippen LogP contribution is 2.23. The Morgan fingerprint density at radius 1 is 1.42 bits per heavy atom. The fraction of sp³-hybridized carbons (Fsp3) is 0.733. The molecule has 0 fully saturated rings. The standard InChI is InChI=1S/C15H25N3O/c1-15(2,3)17-8-11-5-6-13-12(7-11)9-16-14(18-13)10-19-4/h9,11,17H,5-8,10H2,1-4H3. The lowest BCUT2D eigenvalue weighted by molar-refractivity contribution is 0.177. The average Bonchev–Trinajstić information content (AvgIpc) is 2.36. The second-order valence-corrected chi connectivity index (χ2v) is 6.43. The van der Waals surface area contributed by atoms with Crippen molar-refractivity contribution in [1.82, 2.24) is 15.3 Å². The first-order valence-electron chi connectivity index (χ1n) is 7.05. The Morgan fingerprint density at radius 3 is 2.89 bits per heavy atom. The normalized spacial score (nSPS) is 19.3. The van der Waals surface area contributed by atoms with Gasteiger partial charge < -0.3 is 10.1 Å². The molecule has 0 radical (unpaired) electrons. The summed E-state index contributed by atoms with van der Waals surface area (Å²) in [7, 11) is 1.68. The first kappa shape index (κ1) is 14.4. The minimum Gasteiger partial charge on any atom is -0.377 e. The number of fused-ring (bicyclic) bond motifs is 1. The van der Waals surface area contributed by atoms with Crippen LogP contribution in [-0.2, 0) is 24.2 Å². The number of ether oxygens (including phenoxy) is 1. The maximum atomic E-state index is 5.08. The van der Waals surface area contributed by atoms with Crippen molar-refractivity contribution in [1.29, 1.82) is 0 Å². The molecule has 1 N–H and O–H groups in total. The van der Waals surface area contributed by atoms with Crippen LogP contribution in [-0.4, -0.2) is 29.2 Å². The molecule has 4 nitrogen and oxygen atoms in total. The largest absolute Gasteiger partial charge is 0.377 e. The number of nitrogens with zero attached hydrogens (tertiary/aromatic N) is 2. The van der Waals surface area contributed by atoms with Gasteiger partial charge in [0.15, 0.2) is 5.82 Å². The molecule has 0 saturated heterocycles. The Kier molecular flexibility index (Phi) is 4.53. The van der Waals surface area contributed by atoms with Crippen LogP contribution in [0, 0.1) is 5.92 Å². The second kappa shape index (κ2) is 5.97. The molecular weight excluding hydrogens is 238 g/mol. The second-order valence-electron chi connectivity index (χ2n) is 6.43. The third kappa shape index (κ3) is 4.25. The van der Waals surface area contributed by atoms with E-state index in [2.05, 4.69) is 36.1 Å². The van der Waals surface area contributed by atoms with E-state index in [4.69, 9.17) is 4.74 Å². The smallest absolute Gasteiger partial charge is 0.154 e. The fourth-order valence-corrected chi connectivity index (χ4v) is 2.45. The minimum absolute atomic E-state index is 0.194. The molecule has 106 valence electrons. The zero-order valence-electron chi connectivity index (χ0n) is 12.5. The van der Waals surface area contributed by atoms with Gasteiger partial charge in [-0.3, -0.25) is 0 Å². The molecule has 0 aliphatic heterocycles. The Hall–Kier alpha value is -1.00. The quantitative estimate of drug-likeness (QED) is 0.904. The topological polar surface area (TPSA) is 47.0 Å². The van der Waals surface area contributed by atoms with Gasteiger partial charge in [0.25, 0.3) is 0 Å². The molecule has 4 heteroatoms. The van der Waals surface area contributed by atoms with E-state index in [9.17, 15) is 0 Å². The molecule has 19 heavy (non-hydrogen) atoms. The van der Waals surface area contributed by atoms with E-state index in [0.717, 1.165) is 25.2 Å². The molecule has 1 aliphatic carbocycles. The highest BCUT2D eigenvalue weighted by molar-refractivity contribution is 5.21. The maximum Gasteiger partial charge on any atom is 0.154 e. The van der Waals surface area contributed by atoms with Gasteiger partial charge in [-0.05, 0) is 58.1 Å². The van der Waals surface area contributed by atoms with Gasteiger partial charge in [-0.2, -0.15) is 0 Å². The SMILES string of the molecule is COCc1ncc2c(n1)CCC(CNC(C)(C)C)C2. The number of hydrogen-bond donors (Lipinski definition) is 1. The van der Waals surface area contributed by atoms with Crippen molar-refractivity contribution >= 4 is 0 Å². The van der Waals surface area contributed by atoms with Crippen molar-refractivity contribution < 1.29 is 4.74 Å². The van der Waals surface area contributed by atoms with Crippen LogP contribution in [0.3, 0.4) is 0 Å². The van der Waals surface area contributed by atoms with E-state index < -0.39 is 0 Å². The molecular formula is C15H25N3O. The predicted octanol–water partition coefficient (Wildman–Crippen LogP) is 2.12. The molecule has 1 aliphatic rings. The zero-order valence-corrected chi connectivity index (χ0v) is 12.5. The van der Waals surface area contributed by atoms with Gasteiger partial charge in [-0.25, -0.2) is 9.97 Å². The number of hydrogen-bond acceptors (Lipinski definition) is 4. The van der Waals surface area contributed by atoms with Crippen molar-refractivity contribution in [2.75, 3.05) is 13.7 Å². The molecule has 1 heterocycles. The van der Waals surface area contributed by atoms with Crippen LogP contribution in [0.4, 0.5) is 0 Å². The van der Waals surface area contributed by atoms with E-state index in [-0.39, 0.29) is 5.54 Å². The summed E-state index contributed by atoms with van der Waals surface area (Å²) in [4.78, 5) is 8.96. The van der Waals surface area contributed by atoms with Gasteiger partial charge in [0, 0.05) is 24.5 Å². The van der Waals surface area contributed by atoms with E-state index >= 15 is 0 Å². The fourth-order valence-electron chi connectivity index (χ4n) is 2.45. The summed E-state index contributed by atoms with van der Waals surface area (Å²) in [5, 5.41) is 3.59. The predicted molar refractivity (Wildman–Crippen MR) is 76.0 cm³/mol. The minimum atomic E-state index is 0.194. The summed E-state index contributed by atoms with van der Waals surface area (Å²) in [6, 6.07) is 0. The van der Waals surface area contributed by atoms with Crippen molar-refractivity contribution in [2.45, 2.75) is 52.2 Å². The van der Waals surface area contributed by atoms with Crippen molar-refractivity contribution in [2.24, 2.45) is 5.92 Å². The van der Waals surface area contributed by atoms with E-state index in [1.165, 1.54) is 17.7 Å². The van der Waals surface area contributed by atoms with Gasteiger partial charge in [-0.15, -0.1) is 0 Å². The lowest BCUT2D eigenvalue weighted by atomic mass is 9.87. The first-order valence-corrected chi connectivity index (χ1v) is 7.05. The molecule has 1 unspecified atom stereocenters. The van der Waals surface area contributed by atoms with Crippen LogP contribution in [0.1, 0.15) is 44.3 Å². The summed E-state index contributed by atoms with van der Waals surface area (Å²) in [6.07, 6.45) is 5.34. The van der Waals surface area contributed by atoms with Gasteiger partial charge in [-0.1, -0.05) is 0 Å². The van der Waals surface area contributed by atoms with Gasteiger partial charge in [0.1, 0.15) is 6.61 Å². The number of rotatable bonds is 4. The molecule has 1 aromatic heterocycles. The summed E-state index contributed by atoms with van der Waals surface area (Å²) in [6.45, 7) is 8.21. The lowest BCUT2D eigenvalue weighted by Gasteiger charge is -2.28. The monoisotopic (exact) mass is 263 g/mol. The Labute approximate surface area is 116 Å². The highest BCUT2D eigenvalue weighted by atomic mass is 16.5. The van der Waals surface area contributed by atoms with Crippen molar-refractivity contribution in [3.05, 3.63) is 23.3 Å². The maximum absolute atomic E-state index is 5.08. The molecule has 0 bridgehead atoms. The van der Waals surface area contributed by atoms with E-state index in [1.54, 1.807) is 7.11 Å². The molecule has 1 atom stereocenters. The Bertz CT molecular complexity index is 426. The molecule has 2 rings (SSSR count). The highest BCUT2D eigenvalue weighted by Gasteiger charge is 2.21. The van der Waals surface area contributed by atoms with Crippen LogP contribution in [0.25, 0.3) is 0 Å². The molecule has 1 aromatic rings. The number of methoxy groups -OCH3 is 1. The van der Waals surface area contributed by atoms with Gasteiger partial charge in [0.05, 0.1) is 0 Å². The van der Waals surface area contributed by atoms with Crippen LogP contribution in [0.15, 0.2) is 6.20 Å². The summed E-state index contributed by atoms with van der Waals surface area (Å²) < 4.78 is 5.08. The summed E-state index contributed by atoms with van der Waals surface area (Å²) in [5.74, 6) is 1.50. The van der Waals surface area contributed by atoms with Crippen LogP contribution >= 0.6 is 0 Å². The average molecular weight is 263 g/mol. The number of aromatic nitrogens is 2. The summed E-state index contributed by atoms with van der Waals surface area (Å²) >= 11 is 0. The molecule has 0 saturated carbocycles. The zero-order chi connectivity index (χ0) is 13.9. The molecule has 0 aromatic carbocycles. The Balaban J connectivity index is 1.96. The van der Waals surface area contributed by atoms with E-state index in [0.29, 0.717) is 12.5 Å². The van der Waals surface area contributed by atoms with Crippen LogP contribution in [0.5, 0.6) is 0 Å².